The molecule has 3 N–H and O–H groups in total. The Labute approximate surface area is 96.2 Å². The number of methoxy groups -OCH3 is 1. The van der Waals surface area contributed by atoms with E-state index in [0.717, 1.165) is 18.3 Å². The van der Waals surface area contributed by atoms with Crippen LogP contribution in [-0.2, 0) is 0 Å². The normalized spacial score (nSPS) is 16.3. The zero-order valence-electron chi connectivity index (χ0n) is 9.70. The fourth-order valence-electron chi connectivity index (χ4n) is 2.16. The van der Waals surface area contributed by atoms with Crippen molar-refractivity contribution in [3.05, 3.63) is 12.1 Å². The average molecular weight is 221 g/mol. The average Bonchev–Trinajstić information content (AvgIpc) is 2.81. The van der Waals surface area contributed by atoms with E-state index in [1.54, 1.807) is 13.2 Å². The van der Waals surface area contributed by atoms with Crippen LogP contribution in [0.25, 0.3) is 0 Å². The van der Waals surface area contributed by atoms with Crippen molar-refractivity contribution in [2.45, 2.75) is 25.7 Å². The lowest BCUT2D eigenvalue weighted by Crippen LogP contribution is -2.13. The first kappa shape index (κ1) is 11.0. The maximum atomic E-state index is 5.85. The number of hydrogen-bond donors (Lipinski definition) is 2. The summed E-state index contributed by atoms with van der Waals surface area (Å²) in [6.45, 7) is 0.963. The fourth-order valence-corrected chi connectivity index (χ4v) is 2.16. The first-order valence-electron chi connectivity index (χ1n) is 5.84. The SMILES string of the molecule is COc1ccc(N)c(NCC2CCCC2)n1. The summed E-state index contributed by atoms with van der Waals surface area (Å²) >= 11 is 0. The van der Waals surface area contributed by atoms with Gasteiger partial charge in [-0.3, -0.25) is 0 Å². The second kappa shape index (κ2) is 5.05. The minimum Gasteiger partial charge on any atom is -0.481 e. The van der Waals surface area contributed by atoms with Gasteiger partial charge in [0.15, 0.2) is 5.82 Å². The molecule has 0 radical (unpaired) electrons. The first-order chi connectivity index (χ1) is 7.79. The van der Waals surface area contributed by atoms with Gasteiger partial charge in [0.25, 0.3) is 0 Å². The van der Waals surface area contributed by atoms with Crippen LogP contribution in [0.15, 0.2) is 12.1 Å². The highest BCUT2D eigenvalue weighted by molar-refractivity contribution is 5.61. The second-order valence-electron chi connectivity index (χ2n) is 4.32. The van der Waals surface area contributed by atoms with Gasteiger partial charge < -0.3 is 15.8 Å². The number of pyridine rings is 1. The number of anilines is 2. The van der Waals surface area contributed by atoms with E-state index in [-0.39, 0.29) is 0 Å². The molecule has 1 aliphatic carbocycles. The van der Waals surface area contributed by atoms with Gasteiger partial charge in [0, 0.05) is 12.6 Å². The van der Waals surface area contributed by atoms with Crippen molar-refractivity contribution in [3.63, 3.8) is 0 Å². The predicted molar refractivity (Wildman–Crippen MR) is 65.6 cm³/mol. The molecule has 0 amide bonds. The maximum absolute atomic E-state index is 5.85. The van der Waals surface area contributed by atoms with E-state index in [2.05, 4.69) is 10.3 Å². The molecular weight excluding hydrogens is 202 g/mol. The van der Waals surface area contributed by atoms with Gasteiger partial charge in [-0.25, -0.2) is 0 Å². The molecule has 4 heteroatoms. The highest BCUT2D eigenvalue weighted by Crippen LogP contribution is 2.26. The van der Waals surface area contributed by atoms with Crippen LogP contribution in [0.4, 0.5) is 11.5 Å². The molecule has 88 valence electrons. The van der Waals surface area contributed by atoms with Crippen LogP contribution in [-0.4, -0.2) is 18.6 Å². The van der Waals surface area contributed by atoms with Crippen molar-refractivity contribution in [2.75, 3.05) is 24.7 Å². The van der Waals surface area contributed by atoms with Gasteiger partial charge in [-0.2, -0.15) is 4.98 Å². The van der Waals surface area contributed by atoms with Crippen LogP contribution < -0.4 is 15.8 Å². The number of rotatable bonds is 4. The topological polar surface area (TPSA) is 60.2 Å². The number of nitrogen functional groups attached to an aromatic ring is 1. The van der Waals surface area contributed by atoms with Crippen LogP contribution in [0.2, 0.25) is 0 Å². The number of nitrogens with two attached hydrogens (primary N) is 1. The van der Waals surface area contributed by atoms with E-state index in [4.69, 9.17) is 10.5 Å². The van der Waals surface area contributed by atoms with Crippen molar-refractivity contribution in [1.82, 2.24) is 4.98 Å². The molecule has 1 saturated carbocycles. The Hall–Kier alpha value is -1.45. The molecule has 1 heterocycles. The van der Waals surface area contributed by atoms with E-state index in [0.29, 0.717) is 11.6 Å². The third kappa shape index (κ3) is 2.56. The number of aromatic nitrogens is 1. The van der Waals surface area contributed by atoms with Crippen LogP contribution in [0, 0.1) is 5.92 Å². The Morgan fingerprint density at radius 3 is 2.88 bits per heavy atom. The quantitative estimate of drug-likeness (QED) is 0.818. The van der Waals surface area contributed by atoms with E-state index in [1.807, 2.05) is 6.07 Å². The Bertz CT molecular complexity index is 348. The predicted octanol–water partition coefficient (Wildman–Crippen LogP) is 2.27. The molecular formula is C12H19N3O. The molecule has 0 saturated heterocycles. The lowest BCUT2D eigenvalue weighted by molar-refractivity contribution is 0.398. The highest BCUT2D eigenvalue weighted by Gasteiger charge is 2.15. The van der Waals surface area contributed by atoms with Crippen molar-refractivity contribution in [3.8, 4) is 5.88 Å². The Morgan fingerprint density at radius 1 is 1.44 bits per heavy atom. The van der Waals surface area contributed by atoms with Gasteiger partial charge in [-0.1, -0.05) is 12.8 Å². The van der Waals surface area contributed by atoms with Gasteiger partial charge in [-0.15, -0.1) is 0 Å². The third-order valence-electron chi connectivity index (χ3n) is 3.14. The summed E-state index contributed by atoms with van der Waals surface area (Å²) in [6.07, 6.45) is 5.34. The summed E-state index contributed by atoms with van der Waals surface area (Å²) < 4.78 is 5.07. The monoisotopic (exact) mass is 221 g/mol. The van der Waals surface area contributed by atoms with Crippen molar-refractivity contribution in [1.29, 1.82) is 0 Å². The smallest absolute Gasteiger partial charge is 0.215 e. The summed E-state index contributed by atoms with van der Waals surface area (Å²) in [5, 5.41) is 3.31. The zero-order chi connectivity index (χ0) is 11.4. The first-order valence-corrected chi connectivity index (χ1v) is 5.84. The third-order valence-corrected chi connectivity index (χ3v) is 3.14. The van der Waals surface area contributed by atoms with Crippen LogP contribution in [0.5, 0.6) is 5.88 Å². The van der Waals surface area contributed by atoms with Gasteiger partial charge in [0.2, 0.25) is 5.88 Å². The van der Waals surface area contributed by atoms with E-state index >= 15 is 0 Å². The molecule has 16 heavy (non-hydrogen) atoms. The summed E-state index contributed by atoms with van der Waals surface area (Å²) in [6, 6.07) is 3.60. The maximum Gasteiger partial charge on any atom is 0.215 e. The number of nitrogens with one attached hydrogen (secondary N) is 1. The summed E-state index contributed by atoms with van der Waals surface area (Å²) in [5.74, 6) is 2.11. The molecule has 1 aromatic heterocycles. The molecule has 0 bridgehead atoms. The Morgan fingerprint density at radius 2 is 2.19 bits per heavy atom. The van der Waals surface area contributed by atoms with E-state index < -0.39 is 0 Å². The van der Waals surface area contributed by atoms with Crippen molar-refractivity contribution < 1.29 is 4.74 Å². The lowest BCUT2D eigenvalue weighted by atomic mass is 10.1. The molecule has 0 unspecified atom stereocenters. The minimum absolute atomic E-state index is 0.600. The van der Waals surface area contributed by atoms with Gasteiger partial charge in [-0.05, 0) is 24.8 Å². The molecule has 2 rings (SSSR count). The largest absolute Gasteiger partial charge is 0.481 e. The standard InChI is InChI=1S/C12H19N3O/c1-16-11-7-6-10(13)12(15-11)14-8-9-4-2-3-5-9/h6-7,9H,2-5,8,13H2,1H3,(H,14,15). The Balaban J connectivity index is 1.96. The van der Waals surface area contributed by atoms with Crippen molar-refractivity contribution in [2.24, 2.45) is 5.92 Å². The molecule has 0 aromatic carbocycles. The molecule has 4 nitrogen and oxygen atoms in total. The van der Waals surface area contributed by atoms with Gasteiger partial charge in [0.05, 0.1) is 12.8 Å². The molecule has 0 spiro atoms. The minimum atomic E-state index is 0.600. The molecule has 0 aliphatic heterocycles. The summed E-state index contributed by atoms with van der Waals surface area (Å²) in [4.78, 5) is 4.29. The highest BCUT2D eigenvalue weighted by atomic mass is 16.5. The van der Waals surface area contributed by atoms with Gasteiger partial charge in [0.1, 0.15) is 0 Å². The number of nitrogens with zero attached hydrogens (tertiary/aromatic N) is 1. The van der Waals surface area contributed by atoms with Crippen molar-refractivity contribution >= 4 is 11.5 Å². The lowest BCUT2D eigenvalue weighted by Gasteiger charge is -2.13. The summed E-state index contributed by atoms with van der Waals surface area (Å²) in [5.41, 5.74) is 6.53. The number of hydrogen-bond acceptors (Lipinski definition) is 4. The fraction of sp³-hybridized carbons (Fsp3) is 0.583. The van der Waals surface area contributed by atoms with E-state index in [1.165, 1.54) is 25.7 Å². The Kier molecular flexibility index (Phi) is 3.49. The molecule has 0 atom stereocenters. The zero-order valence-corrected chi connectivity index (χ0v) is 9.70. The summed E-state index contributed by atoms with van der Waals surface area (Å²) in [7, 11) is 1.61. The molecule has 1 aromatic rings. The van der Waals surface area contributed by atoms with Crippen LogP contribution >= 0.6 is 0 Å². The van der Waals surface area contributed by atoms with Crippen LogP contribution in [0.3, 0.4) is 0 Å². The molecule has 1 fully saturated rings. The van der Waals surface area contributed by atoms with Gasteiger partial charge >= 0.3 is 0 Å². The second-order valence-corrected chi connectivity index (χ2v) is 4.32. The van der Waals surface area contributed by atoms with E-state index in [9.17, 15) is 0 Å². The number of ether oxygens (including phenoxy) is 1. The molecule has 1 aliphatic rings. The van der Waals surface area contributed by atoms with Crippen LogP contribution in [0.1, 0.15) is 25.7 Å².